The van der Waals surface area contributed by atoms with Gasteiger partial charge in [-0.05, 0) is 23.8 Å². The molecule has 0 bridgehead atoms. The number of para-hydroxylation sites is 3. The number of aromatic nitrogens is 1. The van der Waals surface area contributed by atoms with Crippen LogP contribution in [0.1, 0.15) is 22.0 Å². The molecule has 1 aliphatic rings. The summed E-state index contributed by atoms with van der Waals surface area (Å²) in [7, 11) is 0. The predicted molar refractivity (Wildman–Crippen MR) is 124 cm³/mol. The number of carbonyl (C=O) groups is 1. The molecule has 0 aliphatic carbocycles. The van der Waals surface area contributed by atoms with Gasteiger partial charge in [-0.25, -0.2) is 0 Å². The summed E-state index contributed by atoms with van der Waals surface area (Å²) in [4.78, 5) is 21.5. The highest BCUT2D eigenvalue weighted by Crippen LogP contribution is 2.32. The first kappa shape index (κ1) is 19.4. The van der Waals surface area contributed by atoms with Crippen LogP contribution >= 0.6 is 0 Å². The Morgan fingerprint density at radius 2 is 1.52 bits per heavy atom. The minimum Gasteiger partial charge on any atom is -0.506 e. The molecule has 4 aromatic rings. The van der Waals surface area contributed by atoms with Gasteiger partial charge in [-0.2, -0.15) is 0 Å². The lowest BCUT2D eigenvalue weighted by molar-refractivity contribution is 0.0808. The molecule has 1 aliphatic heterocycles. The Morgan fingerprint density at radius 1 is 0.839 bits per heavy atom. The molecule has 5 rings (SSSR count). The van der Waals surface area contributed by atoms with E-state index in [-0.39, 0.29) is 11.8 Å². The molecule has 0 saturated carbocycles. The second-order valence-corrected chi connectivity index (χ2v) is 7.94. The monoisotopic (exact) mass is 411 g/mol. The molecule has 1 atom stereocenters. The molecular formula is C26H25N3O2. The van der Waals surface area contributed by atoms with E-state index in [4.69, 9.17) is 0 Å². The molecule has 2 heterocycles. The van der Waals surface area contributed by atoms with Crippen molar-refractivity contribution in [2.45, 2.75) is 6.04 Å². The third-order valence-corrected chi connectivity index (χ3v) is 6.12. The van der Waals surface area contributed by atoms with E-state index in [1.165, 1.54) is 0 Å². The zero-order valence-corrected chi connectivity index (χ0v) is 17.2. The fourth-order valence-electron chi connectivity index (χ4n) is 4.54. The normalized spacial score (nSPS) is 15.8. The summed E-state index contributed by atoms with van der Waals surface area (Å²) in [6, 6.07) is 25.0. The SMILES string of the molecule is O=C(c1c[nH]c2ccccc12)C(c1ccccc1)N1CCN(c2ccccc2O)CC1. The van der Waals surface area contributed by atoms with Crippen molar-refractivity contribution in [2.24, 2.45) is 0 Å². The number of H-pyrrole nitrogens is 1. The number of rotatable bonds is 5. The largest absolute Gasteiger partial charge is 0.506 e. The van der Waals surface area contributed by atoms with E-state index >= 15 is 0 Å². The highest BCUT2D eigenvalue weighted by Gasteiger charge is 2.32. The number of carbonyl (C=O) groups excluding carboxylic acids is 1. The quantitative estimate of drug-likeness (QED) is 0.471. The maximum absolute atomic E-state index is 13.8. The average molecular weight is 412 g/mol. The number of hydrogen-bond acceptors (Lipinski definition) is 4. The fourth-order valence-corrected chi connectivity index (χ4v) is 4.54. The van der Waals surface area contributed by atoms with Crippen LogP contribution < -0.4 is 4.90 Å². The lowest BCUT2D eigenvalue weighted by Gasteiger charge is -2.40. The molecule has 1 aromatic heterocycles. The predicted octanol–water partition coefficient (Wildman–Crippen LogP) is 4.62. The van der Waals surface area contributed by atoms with Crippen molar-refractivity contribution in [3.63, 3.8) is 0 Å². The summed E-state index contributed by atoms with van der Waals surface area (Å²) in [6.07, 6.45) is 1.83. The zero-order valence-electron chi connectivity index (χ0n) is 17.2. The van der Waals surface area contributed by atoms with Gasteiger partial charge in [-0.1, -0.05) is 60.7 Å². The van der Waals surface area contributed by atoms with Crippen LogP contribution in [0.2, 0.25) is 0 Å². The molecule has 2 N–H and O–H groups in total. The number of aromatic amines is 1. The number of ketones is 1. The van der Waals surface area contributed by atoms with E-state index in [2.05, 4.69) is 14.8 Å². The molecule has 0 amide bonds. The number of anilines is 1. The highest BCUT2D eigenvalue weighted by atomic mass is 16.3. The Bertz CT molecular complexity index is 1190. The summed E-state index contributed by atoms with van der Waals surface area (Å²) in [5.74, 6) is 0.407. The minimum atomic E-state index is -0.341. The van der Waals surface area contributed by atoms with Crippen LogP contribution in [-0.4, -0.2) is 47.0 Å². The van der Waals surface area contributed by atoms with Crippen LogP contribution in [-0.2, 0) is 0 Å². The van der Waals surface area contributed by atoms with Crippen molar-refractivity contribution in [2.75, 3.05) is 31.1 Å². The number of benzene rings is 3. The molecule has 0 spiro atoms. The lowest BCUT2D eigenvalue weighted by Crippen LogP contribution is -2.49. The van der Waals surface area contributed by atoms with Gasteiger partial charge in [0, 0.05) is 48.8 Å². The molecular weight excluding hydrogens is 386 g/mol. The van der Waals surface area contributed by atoms with Crippen molar-refractivity contribution in [1.82, 2.24) is 9.88 Å². The van der Waals surface area contributed by atoms with E-state index in [9.17, 15) is 9.90 Å². The van der Waals surface area contributed by atoms with E-state index in [1.807, 2.05) is 79.0 Å². The molecule has 3 aromatic carbocycles. The van der Waals surface area contributed by atoms with Gasteiger partial charge in [0.1, 0.15) is 5.75 Å². The van der Waals surface area contributed by atoms with Gasteiger partial charge in [0.2, 0.25) is 0 Å². The second kappa shape index (κ2) is 8.28. The Labute approximate surface area is 181 Å². The summed E-state index contributed by atoms with van der Waals surface area (Å²) < 4.78 is 0. The number of nitrogens with one attached hydrogen (secondary N) is 1. The van der Waals surface area contributed by atoms with Gasteiger partial charge in [-0.15, -0.1) is 0 Å². The number of Topliss-reactive ketones (excluding diaryl/α,β-unsaturated/α-hetero) is 1. The van der Waals surface area contributed by atoms with Gasteiger partial charge in [0.25, 0.3) is 0 Å². The number of aromatic hydroxyl groups is 1. The molecule has 1 fully saturated rings. The van der Waals surface area contributed by atoms with Crippen LogP contribution in [0.15, 0.2) is 85.1 Å². The standard InChI is InChI=1S/C26H25N3O2/c30-24-13-7-6-12-23(24)28-14-16-29(17-15-28)25(19-8-2-1-3-9-19)26(31)21-18-27-22-11-5-4-10-20(21)22/h1-13,18,25,27,30H,14-17H2. The smallest absolute Gasteiger partial charge is 0.186 e. The average Bonchev–Trinajstić information content (AvgIpc) is 3.25. The minimum absolute atomic E-state index is 0.111. The number of hydrogen-bond donors (Lipinski definition) is 2. The molecule has 5 heteroatoms. The van der Waals surface area contributed by atoms with Crippen molar-refractivity contribution in [3.05, 3.63) is 96.2 Å². The van der Waals surface area contributed by atoms with Crippen LogP contribution in [0.4, 0.5) is 5.69 Å². The van der Waals surface area contributed by atoms with Gasteiger partial charge in [0.05, 0.1) is 11.7 Å². The van der Waals surface area contributed by atoms with Gasteiger partial charge in [-0.3, -0.25) is 9.69 Å². The Hall–Kier alpha value is -3.57. The number of nitrogens with zero attached hydrogens (tertiary/aromatic N) is 2. The van der Waals surface area contributed by atoms with Crippen LogP contribution in [0.25, 0.3) is 10.9 Å². The molecule has 1 saturated heterocycles. The van der Waals surface area contributed by atoms with Gasteiger partial charge >= 0.3 is 0 Å². The zero-order chi connectivity index (χ0) is 21.2. The summed E-state index contributed by atoms with van der Waals surface area (Å²) in [6.45, 7) is 2.98. The first-order valence-corrected chi connectivity index (χ1v) is 10.6. The summed E-state index contributed by atoms with van der Waals surface area (Å²) >= 11 is 0. The fraction of sp³-hybridized carbons (Fsp3) is 0.192. The van der Waals surface area contributed by atoms with Crippen molar-refractivity contribution in [3.8, 4) is 5.75 Å². The Kier molecular flexibility index (Phi) is 5.18. The third-order valence-electron chi connectivity index (χ3n) is 6.12. The summed E-state index contributed by atoms with van der Waals surface area (Å²) in [5.41, 5.74) is 3.56. The van der Waals surface area contributed by atoms with Gasteiger partial charge in [0.15, 0.2) is 5.78 Å². The van der Waals surface area contributed by atoms with Crippen molar-refractivity contribution in [1.29, 1.82) is 0 Å². The lowest BCUT2D eigenvalue weighted by atomic mass is 9.95. The Balaban J connectivity index is 1.44. The molecule has 31 heavy (non-hydrogen) atoms. The van der Waals surface area contributed by atoms with E-state index < -0.39 is 0 Å². The molecule has 156 valence electrons. The maximum atomic E-state index is 13.8. The van der Waals surface area contributed by atoms with Crippen LogP contribution in [0, 0.1) is 0 Å². The topological polar surface area (TPSA) is 59.6 Å². The third kappa shape index (κ3) is 3.68. The number of piperazine rings is 1. The van der Waals surface area contributed by atoms with E-state index in [1.54, 1.807) is 6.07 Å². The van der Waals surface area contributed by atoms with Gasteiger partial charge < -0.3 is 15.0 Å². The maximum Gasteiger partial charge on any atom is 0.186 e. The second-order valence-electron chi connectivity index (χ2n) is 7.94. The van der Waals surface area contributed by atoms with Crippen molar-refractivity contribution < 1.29 is 9.90 Å². The molecule has 5 nitrogen and oxygen atoms in total. The highest BCUT2D eigenvalue weighted by molar-refractivity contribution is 6.10. The summed E-state index contributed by atoms with van der Waals surface area (Å²) in [5, 5.41) is 11.2. The number of fused-ring (bicyclic) bond motifs is 1. The van der Waals surface area contributed by atoms with Crippen LogP contribution in [0.5, 0.6) is 5.75 Å². The van der Waals surface area contributed by atoms with Crippen LogP contribution in [0.3, 0.4) is 0 Å². The number of phenols is 1. The first-order valence-electron chi connectivity index (χ1n) is 10.6. The van der Waals surface area contributed by atoms with E-state index in [0.29, 0.717) is 5.75 Å². The first-order chi connectivity index (χ1) is 15.2. The van der Waals surface area contributed by atoms with Crippen molar-refractivity contribution >= 4 is 22.4 Å². The Morgan fingerprint density at radius 3 is 2.29 bits per heavy atom. The molecule has 1 unspecified atom stereocenters. The number of phenolic OH excluding ortho intramolecular Hbond substituents is 1. The van der Waals surface area contributed by atoms with E-state index in [0.717, 1.165) is 53.9 Å². The molecule has 0 radical (unpaired) electrons.